The number of benzene rings is 2. The molecule has 6 nitrogen and oxygen atoms in total. The molecule has 1 heterocycles. The van der Waals surface area contributed by atoms with Crippen molar-refractivity contribution in [2.24, 2.45) is 0 Å². The molecule has 138 valence electrons. The van der Waals surface area contributed by atoms with Crippen molar-refractivity contribution in [2.75, 3.05) is 17.9 Å². The van der Waals surface area contributed by atoms with E-state index >= 15 is 0 Å². The highest BCUT2D eigenvalue weighted by atomic mass is 32.2. The molecule has 0 aliphatic carbocycles. The molecule has 2 aromatic rings. The number of ether oxygens (including phenoxy) is 1. The first-order chi connectivity index (χ1) is 12.5. The van der Waals surface area contributed by atoms with Crippen LogP contribution in [0.1, 0.15) is 28.8 Å². The molecule has 2 aromatic carbocycles. The predicted molar refractivity (Wildman–Crippen MR) is 99.7 cm³/mol. The van der Waals surface area contributed by atoms with E-state index in [2.05, 4.69) is 10.0 Å². The summed E-state index contributed by atoms with van der Waals surface area (Å²) in [6, 6.07) is 13.3. The third-order valence-corrected chi connectivity index (χ3v) is 5.80. The second kappa shape index (κ2) is 7.88. The lowest BCUT2D eigenvalue weighted by molar-refractivity contribution is 0.0857. The summed E-state index contributed by atoms with van der Waals surface area (Å²) >= 11 is 0. The van der Waals surface area contributed by atoms with Crippen molar-refractivity contribution in [1.82, 2.24) is 5.32 Å². The molecule has 0 unspecified atom stereocenters. The van der Waals surface area contributed by atoms with E-state index in [4.69, 9.17) is 4.74 Å². The average Bonchev–Trinajstić information content (AvgIpc) is 3.14. The van der Waals surface area contributed by atoms with Gasteiger partial charge in [0.2, 0.25) is 0 Å². The minimum atomic E-state index is -3.79. The van der Waals surface area contributed by atoms with Crippen LogP contribution in [0.3, 0.4) is 0 Å². The van der Waals surface area contributed by atoms with Crippen LogP contribution in [0.5, 0.6) is 0 Å². The van der Waals surface area contributed by atoms with Crippen molar-refractivity contribution in [3.63, 3.8) is 0 Å². The van der Waals surface area contributed by atoms with Gasteiger partial charge in [-0.2, -0.15) is 0 Å². The normalized spacial score (nSPS) is 17.0. The zero-order chi connectivity index (χ0) is 18.6. The van der Waals surface area contributed by atoms with Gasteiger partial charge in [0.05, 0.1) is 11.0 Å². The Balaban J connectivity index is 1.77. The van der Waals surface area contributed by atoms with Crippen LogP contribution in [-0.4, -0.2) is 33.6 Å². The fourth-order valence-electron chi connectivity index (χ4n) is 2.86. The van der Waals surface area contributed by atoms with Crippen LogP contribution < -0.4 is 10.0 Å². The molecule has 1 fully saturated rings. The van der Waals surface area contributed by atoms with Crippen LogP contribution in [0.15, 0.2) is 53.4 Å². The second-order valence-electron chi connectivity index (χ2n) is 6.30. The fourth-order valence-corrected chi connectivity index (χ4v) is 4.19. The van der Waals surface area contributed by atoms with Crippen molar-refractivity contribution in [1.29, 1.82) is 0 Å². The van der Waals surface area contributed by atoms with Gasteiger partial charge in [0.25, 0.3) is 15.9 Å². The van der Waals surface area contributed by atoms with Crippen LogP contribution >= 0.6 is 0 Å². The summed E-state index contributed by atoms with van der Waals surface area (Å²) in [7, 11) is -3.79. The highest BCUT2D eigenvalue weighted by molar-refractivity contribution is 7.92. The number of carbonyl (C=O) groups excluding carboxylic acids is 1. The fraction of sp³-hybridized carbons (Fsp3) is 0.316. The predicted octanol–water partition coefficient (Wildman–Crippen LogP) is 2.70. The number of amides is 1. The number of anilines is 1. The van der Waals surface area contributed by atoms with Crippen LogP contribution in [0.2, 0.25) is 0 Å². The van der Waals surface area contributed by atoms with Gasteiger partial charge in [-0.25, -0.2) is 8.42 Å². The molecule has 0 aromatic heterocycles. The summed E-state index contributed by atoms with van der Waals surface area (Å²) in [5, 5.41) is 2.81. The molecule has 1 amide bonds. The van der Waals surface area contributed by atoms with Crippen molar-refractivity contribution in [3.8, 4) is 0 Å². The molecule has 7 heteroatoms. The zero-order valence-corrected chi connectivity index (χ0v) is 15.4. The lowest BCUT2D eigenvalue weighted by Crippen LogP contribution is -2.31. The number of nitrogens with one attached hydrogen (secondary N) is 2. The van der Waals surface area contributed by atoms with Gasteiger partial charge in [0, 0.05) is 24.4 Å². The second-order valence-corrected chi connectivity index (χ2v) is 7.95. The maximum Gasteiger partial charge on any atom is 0.262 e. The number of carbonyl (C=O) groups is 1. The highest BCUT2D eigenvalue weighted by Gasteiger charge is 2.20. The Morgan fingerprint density at radius 1 is 1.19 bits per heavy atom. The Hall–Kier alpha value is -2.38. The number of para-hydroxylation sites is 1. The van der Waals surface area contributed by atoms with Gasteiger partial charge in [-0.1, -0.05) is 24.3 Å². The number of hydrogen-bond acceptors (Lipinski definition) is 4. The molecule has 1 aliphatic rings. The zero-order valence-electron chi connectivity index (χ0n) is 14.6. The van der Waals surface area contributed by atoms with E-state index in [-0.39, 0.29) is 16.9 Å². The molecular weight excluding hydrogens is 352 g/mol. The summed E-state index contributed by atoms with van der Waals surface area (Å²) in [6.07, 6.45) is 1.96. The van der Waals surface area contributed by atoms with Gasteiger partial charge in [-0.15, -0.1) is 0 Å². The summed E-state index contributed by atoms with van der Waals surface area (Å²) in [6.45, 7) is 2.85. The number of aryl methyl sites for hydroxylation is 1. The smallest absolute Gasteiger partial charge is 0.262 e. The molecule has 0 saturated carbocycles. The highest BCUT2D eigenvalue weighted by Crippen LogP contribution is 2.21. The third-order valence-electron chi connectivity index (χ3n) is 4.28. The Kier molecular flexibility index (Phi) is 5.58. The third kappa shape index (κ3) is 4.42. The lowest BCUT2D eigenvalue weighted by Gasteiger charge is -2.13. The number of hydrogen-bond donors (Lipinski definition) is 2. The van der Waals surface area contributed by atoms with E-state index in [1.165, 1.54) is 6.07 Å². The largest absolute Gasteiger partial charge is 0.376 e. The quantitative estimate of drug-likeness (QED) is 0.814. The van der Waals surface area contributed by atoms with Crippen LogP contribution in [-0.2, 0) is 14.8 Å². The van der Waals surface area contributed by atoms with Crippen LogP contribution in [0.4, 0.5) is 5.69 Å². The average molecular weight is 374 g/mol. The summed E-state index contributed by atoms with van der Waals surface area (Å²) in [4.78, 5) is 12.5. The van der Waals surface area contributed by atoms with Gasteiger partial charge >= 0.3 is 0 Å². The molecule has 1 atom stereocenters. The molecule has 0 bridgehead atoms. The minimum Gasteiger partial charge on any atom is -0.376 e. The molecule has 2 N–H and O–H groups in total. The topological polar surface area (TPSA) is 84.5 Å². The molecule has 0 radical (unpaired) electrons. The van der Waals surface area contributed by atoms with Gasteiger partial charge in [0.15, 0.2) is 0 Å². The molecule has 0 spiro atoms. The first-order valence-corrected chi connectivity index (χ1v) is 10.0. The summed E-state index contributed by atoms with van der Waals surface area (Å²) in [5.41, 5.74) is 1.35. The Bertz CT molecular complexity index is 876. The number of sulfonamides is 1. The molecule has 26 heavy (non-hydrogen) atoms. The van der Waals surface area contributed by atoms with Crippen molar-refractivity contribution in [3.05, 3.63) is 59.7 Å². The molecule has 1 saturated heterocycles. The van der Waals surface area contributed by atoms with Gasteiger partial charge < -0.3 is 10.1 Å². The Morgan fingerprint density at radius 3 is 2.65 bits per heavy atom. The van der Waals surface area contributed by atoms with Crippen LogP contribution in [0, 0.1) is 6.92 Å². The lowest BCUT2D eigenvalue weighted by atomic mass is 10.1. The SMILES string of the molecule is Cc1ccc(C(=O)NC[C@H]2CCCO2)cc1S(=O)(=O)Nc1ccccc1. The van der Waals surface area contributed by atoms with Crippen molar-refractivity contribution in [2.45, 2.75) is 30.8 Å². The first-order valence-electron chi connectivity index (χ1n) is 8.54. The molecule has 1 aliphatic heterocycles. The van der Waals surface area contributed by atoms with Gasteiger partial charge in [-0.3, -0.25) is 9.52 Å². The summed E-state index contributed by atoms with van der Waals surface area (Å²) < 4.78 is 33.4. The summed E-state index contributed by atoms with van der Waals surface area (Å²) in [5.74, 6) is -0.309. The monoisotopic (exact) mass is 374 g/mol. The minimum absolute atomic E-state index is 0.0346. The van der Waals surface area contributed by atoms with Gasteiger partial charge in [-0.05, 0) is 49.6 Å². The van der Waals surface area contributed by atoms with Crippen molar-refractivity contribution >= 4 is 21.6 Å². The standard InChI is InChI=1S/C19H22N2O4S/c1-14-9-10-15(19(22)20-13-17-8-5-11-25-17)12-18(14)26(23,24)21-16-6-3-2-4-7-16/h2-4,6-7,9-10,12,17,21H,5,8,11,13H2,1H3,(H,20,22)/t17-/m1/s1. The molecule has 3 rings (SSSR count). The van der Waals surface area contributed by atoms with Gasteiger partial charge in [0.1, 0.15) is 0 Å². The first kappa shape index (κ1) is 18.4. The van der Waals surface area contributed by atoms with E-state index < -0.39 is 10.0 Å². The van der Waals surface area contributed by atoms with E-state index in [9.17, 15) is 13.2 Å². The van der Waals surface area contributed by atoms with E-state index in [0.29, 0.717) is 23.4 Å². The van der Waals surface area contributed by atoms with E-state index in [1.54, 1.807) is 43.3 Å². The van der Waals surface area contributed by atoms with E-state index in [0.717, 1.165) is 19.4 Å². The maximum atomic E-state index is 12.7. The van der Waals surface area contributed by atoms with E-state index in [1.807, 2.05) is 6.07 Å². The Labute approximate surface area is 153 Å². The number of rotatable bonds is 6. The Morgan fingerprint density at radius 2 is 1.96 bits per heavy atom. The molecular formula is C19H22N2O4S. The van der Waals surface area contributed by atoms with Crippen LogP contribution in [0.25, 0.3) is 0 Å². The maximum absolute atomic E-state index is 12.7. The van der Waals surface area contributed by atoms with Crippen molar-refractivity contribution < 1.29 is 17.9 Å².